The fraction of sp³-hybridized carbons (Fsp3) is 0.385. The maximum atomic E-state index is 11.4. The minimum absolute atomic E-state index is 0.0116. The number of carbonyl (C=O) groups excluding carboxylic acids is 2. The third kappa shape index (κ3) is 5.34. The molecule has 0 aromatic heterocycles. The lowest BCUT2D eigenvalue weighted by Crippen LogP contribution is -2.22. The number of benzene rings is 1. The normalized spacial score (nSPS) is 11.4. The summed E-state index contributed by atoms with van der Waals surface area (Å²) in [5.41, 5.74) is 0. The molecule has 1 aromatic carbocycles. The van der Waals surface area contributed by atoms with Gasteiger partial charge in [-0.15, -0.1) is 0 Å². The number of hydrogen-bond acceptors (Lipinski definition) is 5. The minimum Gasteiger partial charge on any atom is -0.466 e. The highest BCUT2D eigenvalue weighted by atomic mass is 16.7. The summed E-state index contributed by atoms with van der Waals surface area (Å²) in [6, 6.07) is 8.56. The molecule has 0 aliphatic carbocycles. The number of hydrogen-bond donors (Lipinski definition) is 0. The number of esters is 1. The summed E-state index contributed by atoms with van der Waals surface area (Å²) in [5.74, 6) is -0.0108. The number of ether oxygens (including phenoxy) is 3. The molecule has 1 atom stereocenters. The molecule has 0 radical (unpaired) electrons. The van der Waals surface area contributed by atoms with E-state index in [0.29, 0.717) is 12.4 Å². The van der Waals surface area contributed by atoms with Crippen LogP contribution in [-0.4, -0.2) is 24.8 Å². The van der Waals surface area contributed by atoms with Crippen molar-refractivity contribution >= 4 is 12.1 Å². The van der Waals surface area contributed by atoms with E-state index in [1.165, 1.54) is 0 Å². The molecule has 5 heteroatoms. The molecular weight excluding hydrogens is 236 g/mol. The van der Waals surface area contributed by atoms with Crippen LogP contribution in [0.5, 0.6) is 5.75 Å². The Hall–Kier alpha value is -2.04. The lowest BCUT2D eigenvalue weighted by atomic mass is 10.3. The average molecular weight is 252 g/mol. The van der Waals surface area contributed by atoms with E-state index >= 15 is 0 Å². The maximum Gasteiger partial charge on any atom is 0.514 e. The molecular formula is C13H16O5. The first-order valence-electron chi connectivity index (χ1n) is 5.71. The summed E-state index contributed by atoms with van der Waals surface area (Å²) in [4.78, 5) is 22.5. The highest BCUT2D eigenvalue weighted by Crippen LogP contribution is 2.10. The van der Waals surface area contributed by atoms with Gasteiger partial charge in [-0.1, -0.05) is 18.2 Å². The van der Waals surface area contributed by atoms with Gasteiger partial charge < -0.3 is 14.2 Å². The fourth-order valence-corrected chi connectivity index (χ4v) is 1.27. The first kappa shape index (κ1) is 14.0. The SMILES string of the molecule is CCOC(=O)CC(C)OC(=O)Oc1ccccc1. The van der Waals surface area contributed by atoms with Crippen LogP contribution in [0.1, 0.15) is 20.3 Å². The van der Waals surface area contributed by atoms with Gasteiger partial charge in [-0.05, 0) is 26.0 Å². The minimum atomic E-state index is -0.835. The van der Waals surface area contributed by atoms with Crippen LogP contribution in [0.3, 0.4) is 0 Å². The van der Waals surface area contributed by atoms with Crippen molar-refractivity contribution in [1.29, 1.82) is 0 Å². The van der Waals surface area contributed by atoms with E-state index in [-0.39, 0.29) is 6.42 Å². The quantitative estimate of drug-likeness (QED) is 0.595. The zero-order chi connectivity index (χ0) is 13.4. The molecule has 0 fully saturated rings. The molecule has 1 aromatic rings. The summed E-state index contributed by atoms with van der Waals surface area (Å²) < 4.78 is 14.6. The smallest absolute Gasteiger partial charge is 0.466 e. The lowest BCUT2D eigenvalue weighted by Gasteiger charge is -2.12. The van der Waals surface area contributed by atoms with Crippen LogP contribution in [0.25, 0.3) is 0 Å². The van der Waals surface area contributed by atoms with Crippen molar-refractivity contribution in [2.24, 2.45) is 0 Å². The van der Waals surface area contributed by atoms with Crippen LogP contribution < -0.4 is 4.74 Å². The van der Waals surface area contributed by atoms with Crippen molar-refractivity contribution in [3.8, 4) is 5.75 Å². The predicted molar refractivity (Wildman–Crippen MR) is 64.3 cm³/mol. The molecule has 0 spiro atoms. The summed E-state index contributed by atoms with van der Waals surface area (Å²) in [6.07, 6.45) is -1.41. The van der Waals surface area contributed by atoms with Crippen LogP contribution >= 0.6 is 0 Å². The molecule has 0 saturated heterocycles. The molecule has 0 aliphatic rings. The van der Waals surface area contributed by atoms with E-state index in [4.69, 9.17) is 14.2 Å². The van der Waals surface area contributed by atoms with Gasteiger partial charge in [0.15, 0.2) is 0 Å². The zero-order valence-electron chi connectivity index (χ0n) is 10.4. The third-order valence-corrected chi connectivity index (χ3v) is 2.00. The van der Waals surface area contributed by atoms with Gasteiger partial charge in [-0.25, -0.2) is 4.79 Å². The second kappa shape index (κ2) is 7.32. The topological polar surface area (TPSA) is 61.8 Å². The van der Waals surface area contributed by atoms with Crippen LogP contribution in [0.15, 0.2) is 30.3 Å². The van der Waals surface area contributed by atoms with Gasteiger partial charge in [0.2, 0.25) is 0 Å². The van der Waals surface area contributed by atoms with E-state index in [1.54, 1.807) is 38.1 Å². The Balaban J connectivity index is 2.34. The number of para-hydroxylation sites is 1. The van der Waals surface area contributed by atoms with Gasteiger partial charge in [-0.2, -0.15) is 0 Å². The fourth-order valence-electron chi connectivity index (χ4n) is 1.27. The van der Waals surface area contributed by atoms with Crippen molar-refractivity contribution in [3.63, 3.8) is 0 Å². The highest BCUT2D eigenvalue weighted by Gasteiger charge is 2.15. The zero-order valence-corrected chi connectivity index (χ0v) is 10.4. The monoisotopic (exact) mass is 252 g/mol. The standard InChI is InChI=1S/C13H16O5/c1-3-16-12(14)9-10(2)17-13(15)18-11-7-5-4-6-8-11/h4-8,10H,3,9H2,1-2H3. The first-order valence-corrected chi connectivity index (χ1v) is 5.71. The Morgan fingerprint density at radius 3 is 2.50 bits per heavy atom. The van der Waals surface area contributed by atoms with Gasteiger partial charge >= 0.3 is 12.1 Å². The van der Waals surface area contributed by atoms with Crippen molar-refractivity contribution in [2.45, 2.75) is 26.4 Å². The summed E-state index contributed by atoms with van der Waals surface area (Å²) in [6.45, 7) is 3.62. The summed E-state index contributed by atoms with van der Waals surface area (Å²) in [7, 11) is 0. The van der Waals surface area contributed by atoms with Gasteiger partial charge in [0.25, 0.3) is 0 Å². The molecule has 0 bridgehead atoms. The number of rotatable bonds is 5. The second-order valence-corrected chi connectivity index (χ2v) is 3.60. The van der Waals surface area contributed by atoms with Crippen molar-refractivity contribution in [3.05, 3.63) is 30.3 Å². The second-order valence-electron chi connectivity index (χ2n) is 3.60. The number of carbonyl (C=O) groups is 2. The Morgan fingerprint density at radius 1 is 1.22 bits per heavy atom. The van der Waals surface area contributed by atoms with Crippen molar-refractivity contribution in [1.82, 2.24) is 0 Å². The molecule has 5 nitrogen and oxygen atoms in total. The Labute approximate surface area is 106 Å². The summed E-state index contributed by atoms with van der Waals surface area (Å²) in [5, 5.41) is 0. The van der Waals surface area contributed by atoms with Crippen LogP contribution in [0, 0.1) is 0 Å². The van der Waals surface area contributed by atoms with Crippen molar-refractivity contribution in [2.75, 3.05) is 6.61 Å². The van der Waals surface area contributed by atoms with Crippen LogP contribution in [0.4, 0.5) is 4.79 Å². The first-order chi connectivity index (χ1) is 8.61. The predicted octanol–water partition coefficient (Wildman–Crippen LogP) is 2.54. The van der Waals surface area contributed by atoms with E-state index in [0.717, 1.165) is 0 Å². The van der Waals surface area contributed by atoms with E-state index in [1.807, 2.05) is 6.07 Å². The molecule has 98 valence electrons. The molecule has 1 rings (SSSR count). The van der Waals surface area contributed by atoms with E-state index < -0.39 is 18.2 Å². The van der Waals surface area contributed by atoms with E-state index in [2.05, 4.69) is 0 Å². The Bertz CT molecular complexity index is 388. The average Bonchev–Trinajstić information content (AvgIpc) is 2.29. The molecule has 0 aliphatic heterocycles. The lowest BCUT2D eigenvalue weighted by molar-refractivity contribution is -0.145. The molecule has 0 N–H and O–H groups in total. The molecule has 1 unspecified atom stereocenters. The largest absolute Gasteiger partial charge is 0.514 e. The maximum absolute atomic E-state index is 11.4. The summed E-state index contributed by atoms with van der Waals surface area (Å²) >= 11 is 0. The van der Waals surface area contributed by atoms with Gasteiger partial charge in [0.05, 0.1) is 13.0 Å². The molecule has 0 saturated carbocycles. The van der Waals surface area contributed by atoms with E-state index in [9.17, 15) is 9.59 Å². The van der Waals surface area contributed by atoms with Crippen molar-refractivity contribution < 1.29 is 23.8 Å². The van der Waals surface area contributed by atoms with Crippen LogP contribution in [-0.2, 0) is 14.3 Å². The van der Waals surface area contributed by atoms with Gasteiger partial charge in [-0.3, -0.25) is 4.79 Å². The Morgan fingerprint density at radius 2 is 1.89 bits per heavy atom. The van der Waals surface area contributed by atoms with Crippen LogP contribution in [0.2, 0.25) is 0 Å². The molecule has 18 heavy (non-hydrogen) atoms. The molecule has 0 amide bonds. The van der Waals surface area contributed by atoms with Gasteiger partial charge in [0, 0.05) is 0 Å². The molecule has 0 heterocycles. The Kier molecular flexibility index (Phi) is 5.70. The highest BCUT2D eigenvalue weighted by molar-refractivity contribution is 5.70. The third-order valence-electron chi connectivity index (χ3n) is 2.00. The van der Waals surface area contributed by atoms with Gasteiger partial charge in [0.1, 0.15) is 11.9 Å².